The second kappa shape index (κ2) is 4.23. The predicted octanol–water partition coefficient (Wildman–Crippen LogP) is 1.24. The van der Waals surface area contributed by atoms with Crippen LogP contribution < -0.4 is 9.47 Å². The second-order valence-electron chi connectivity index (χ2n) is 2.28. The number of nitriles is 1. The smallest absolute Gasteiger partial charge is 0.298 e. The number of hydrogen-bond acceptors (Lipinski definition) is 4. The van der Waals surface area contributed by atoms with Crippen molar-refractivity contribution in [2.75, 3.05) is 7.11 Å². The molecule has 0 radical (unpaired) electrons. The Balaban J connectivity index is 3.36. The molecule has 0 aliphatic carbocycles. The maximum absolute atomic E-state index is 13.0. The van der Waals surface area contributed by atoms with Crippen LogP contribution in [0, 0.1) is 17.1 Å². The van der Waals surface area contributed by atoms with Crippen LogP contribution in [0.3, 0.4) is 0 Å². The standard InChI is InChI=1S/C9H6FNO3/c1-13-8-3-2-7(10)9(14-5-12)6(8)4-11/h2-3,5H,1H3. The van der Waals surface area contributed by atoms with Gasteiger partial charge in [0.05, 0.1) is 7.11 Å². The van der Waals surface area contributed by atoms with Crippen LogP contribution in [0.25, 0.3) is 0 Å². The quantitative estimate of drug-likeness (QED) is 0.681. The first-order valence-corrected chi connectivity index (χ1v) is 3.61. The van der Waals surface area contributed by atoms with Gasteiger partial charge in [0, 0.05) is 0 Å². The minimum absolute atomic E-state index is 0.0543. The summed E-state index contributed by atoms with van der Waals surface area (Å²) in [5.74, 6) is -1.04. The predicted molar refractivity (Wildman–Crippen MR) is 44.4 cm³/mol. The fourth-order valence-corrected chi connectivity index (χ4v) is 0.978. The van der Waals surface area contributed by atoms with E-state index in [9.17, 15) is 9.18 Å². The molecule has 5 heteroatoms. The molecule has 0 unspecified atom stereocenters. The molecule has 72 valence electrons. The van der Waals surface area contributed by atoms with Crippen LogP contribution in [0.15, 0.2) is 12.1 Å². The van der Waals surface area contributed by atoms with E-state index < -0.39 is 11.6 Å². The lowest BCUT2D eigenvalue weighted by molar-refractivity contribution is -0.120. The Kier molecular flexibility index (Phi) is 3.02. The molecule has 0 spiro atoms. The van der Waals surface area contributed by atoms with Crippen LogP contribution >= 0.6 is 0 Å². The summed E-state index contributed by atoms with van der Waals surface area (Å²) in [5, 5.41) is 8.69. The van der Waals surface area contributed by atoms with Crippen LogP contribution in [0.5, 0.6) is 11.5 Å². The highest BCUT2D eigenvalue weighted by Gasteiger charge is 2.15. The number of halogens is 1. The summed E-state index contributed by atoms with van der Waals surface area (Å²) in [7, 11) is 1.33. The molecule has 1 aromatic rings. The Bertz CT molecular complexity index is 398. The van der Waals surface area contributed by atoms with Crippen LogP contribution in [0.2, 0.25) is 0 Å². The Hall–Kier alpha value is -2.09. The molecule has 14 heavy (non-hydrogen) atoms. The van der Waals surface area contributed by atoms with E-state index in [1.165, 1.54) is 13.2 Å². The monoisotopic (exact) mass is 195 g/mol. The van der Waals surface area contributed by atoms with Gasteiger partial charge in [0.2, 0.25) is 0 Å². The summed E-state index contributed by atoms with van der Waals surface area (Å²) in [6, 6.07) is 4.03. The summed E-state index contributed by atoms with van der Waals surface area (Å²) in [6.07, 6.45) is 0. The van der Waals surface area contributed by atoms with Crippen molar-refractivity contribution in [3.05, 3.63) is 23.5 Å². The third-order valence-electron chi connectivity index (χ3n) is 1.57. The van der Waals surface area contributed by atoms with Gasteiger partial charge in [-0.25, -0.2) is 4.39 Å². The molecule has 1 aromatic carbocycles. The van der Waals surface area contributed by atoms with Gasteiger partial charge >= 0.3 is 0 Å². The molecule has 0 aliphatic rings. The van der Waals surface area contributed by atoms with Crippen molar-refractivity contribution in [3.63, 3.8) is 0 Å². The lowest BCUT2D eigenvalue weighted by Gasteiger charge is -2.06. The fourth-order valence-electron chi connectivity index (χ4n) is 0.978. The first-order valence-electron chi connectivity index (χ1n) is 3.61. The SMILES string of the molecule is COc1ccc(F)c(OC=O)c1C#N. The van der Waals surface area contributed by atoms with E-state index in [1.54, 1.807) is 6.07 Å². The summed E-state index contributed by atoms with van der Waals surface area (Å²) in [5.41, 5.74) is -0.139. The normalized spacial score (nSPS) is 8.93. The third kappa shape index (κ3) is 1.64. The van der Waals surface area contributed by atoms with E-state index >= 15 is 0 Å². The zero-order valence-electron chi connectivity index (χ0n) is 7.28. The van der Waals surface area contributed by atoms with E-state index in [0.717, 1.165) is 6.07 Å². The minimum atomic E-state index is -0.783. The van der Waals surface area contributed by atoms with Crippen molar-refractivity contribution in [2.24, 2.45) is 0 Å². The zero-order chi connectivity index (χ0) is 10.6. The Morgan fingerprint density at radius 3 is 2.79 bits per heavy atom. The lowest BCUT2D eigenvalue weighted by atomic mass is 10.2. The van der Waals surface area contributed by atoms with Gasteiger partial charge in [-0.1, -0.05) is 0 Å². The number of carbonyl (C=O) groups excluding carboxylic acids is 1. The minimum Gasteiger partial charge on any atom is -0.495 e. The molecule has 0 saturated carbocycles. The molecule has 4 nitrogen and oxygen atoms in total. The Labute approximate surface area is 79.5 Å². The zero-order valence-corrected chi connectivity index (χ0v) is 7.28. The summed E-state index contributed by atoms with van der Waals surface area (Å²) >= 11 is 0. The highest BCUT2D eigenvalue weighted by molar-refractivity contribution is 5.58. The van der Waals surface area contributed by atoms with Crippen LogP contribution in [-0.4, -0.2) is 13.6 Å². The number of nitrogens with zero attached hydrogens (tertiary/aromatic N) is 1. The average molecular weight is 195 g/mol. The molecule has 0 N–H and O–H groups in total. The van der Waals surface area contributed by atoms with Crippen LogP contribution in [0.1, 0.15) is 5.56 Å². The highest BCUT2D eigenvalue weighted by atomic mass is 19.1. The Morgan fingerprint density at radius 2 is 2.29 bits per heavy atom. The first-order chi connectivity index (χ1) is 6.74. The largest absolute Gasteiger partial charge is 0.495 e. The van der Waals surface area contributed by atoms with Gasteiger partial charge in [-0.2, -0.15) is 5.26 Å². The number of hydrogen-bond donors (Lipinski definition) is 0. The average Bonchev–Trinajstić information content (AvgIpc) is 2.21. The van der Waals surface area contributed by atoms with Gasteiger partial charge < -0.3 is 9.47 Å². The third-order valence-corrected chi connectivity index (χ3v) is 1.57. The number of methoxy groups -OCH3 is 1. The van der Waals surface area contributed by atoms with Crippen LogP contribution in [0.4, 0.5) is 4.39 Å². The second-order valence-corrected chi connectivity index (χ2v) is 2.28. The topological polar surface area (TPSA) is 59.3 Å². The molecule has 0 atom stereocenters. The molecule has 0 saturated heterocycles. The Morgan fingerprint density at radius 1 is 1.57 bits per heavy atom. The number of ether oxygens (including phenoxy) is 2. The van der Waals surface area contributed by atoms with Gasteiger partial charge in [-0.15, -0.1) is 0 Å². The van der Waals surface area contributed by atoms with Crippen molar-refractivity contribution < 1.29 is 18.7 Å². The van der Waals surface area contributed by atoms with E-state index in [-0.39, 0.29) is 17.8 Å². The molecule has 1 rings (SSSR count). The van der Waals surface area contributed by atoms with E-state index in [4.69, 9.17) is 10.00 Å². The van der Waals surface area contributed by atoms with Gasteiger partial charge in [0.25, 0.3) is 6.47 Å². The van der Waals surface area contributed by atoms with Gasteiger partial charge in [-0.3, -0.25) is 4.79 Å². The number of rotatable bonds is 3. The first kappa shape index (κ1) is 9.99. The molecule has 0 amide bonds. The fraction of sp³-hybridized carbons (Fsp3) is 0.111. The summed E-state index contributed by atoms with van der Waals surface area (Å²) in [4.78, 5) is 10.1. The summed E-state index contributed by atoms with van der Waals surface area (Å²) < 4.78 is 22.2. The van der Waals surface area contributed by atoms with Gasteiger partial charge in [-0.05, 0) is 12.1 Å². The molecule has 0 heterocycles. The van der Waals surface area contributed by atoms with Crippen molar-refractivity contribution >= 4 is 6.47 Å². The van der Waals surface area contributed by atoms with Crippen molar-refractivity contribution in [1.29, 1.82) is 5.26 Å². The highest BCUT2D eigenvalue weighted by Crippen LogP contribution is 2.29. The molecule has 0 bridgehead atoms. The molecular weight excluding hydrogens is 189 g/mol. The van der Waals surface area contributed by atoms with E-state index in [2.05, 4.69) is 4.74 Å². The lowest BCUT2D eigenvalue weighted by Crippen LogP contribution is -1.98. The van der Waals surface area contributed by atoms with Crippen molar-refractivity contribution in [2.45, 2.75) is 0 Å². The van der Waals surface area contributed by atoms with E-state index in [0.29, 0.717) is 0 Å². The van der Waals surface area contributed by atoms with E-state index in [1.807, 2.05) is 0 Å². The molecule has 0 aliphatic heterocycles. The molecular formula is C9H6FNO3. The number of benzene rings is 1. The maximum atomic E-state index is 13.0. The van der Waals surface area contributed by atoms with Crippen molar-refractivity contribution in [3.8, 4) is 17.6 Å². The maximum Gasteiger partial charge on any atom is 0.298 e. The van der Waals surface area contributed by atoms with Crippen molar-refractivity contribution in [1.82, 2.24) is 0 Å². The number of carbonyl (C=O) groups is 1. The molecule has 0 aromatic heterocycles. The van der Waals surface area contributed by atoms with Gasteiger partial charge in [0.15, 0.2) is 11.6 Å². The van der Waals surface area contributed by atoms with Crippen LogP contribution in [-0.2, 0) is 4.79 Å². The molecule has 0 fully saturated rings. The van der Waals surface area contributed by atoms with Gasteiger partial charge in [0.1, 0.15) is 17.4 Å². The summed E-state index contributed by atoms with van der Waals surface area (Å²) in [6.45, 7) is 0.0543.